The summed E-state index contributed by atoms with van der Waals surface area (Å²) in [7, 11) is 1.57. The molecule has 8 heteroatoms. The van der Waals surface area contributed by atoms with Crippen molar-refractivity contribution in [3.05, 3.63) is 96.3 Å². The van der Waals surface area contributed by atoms with E-state index < -0.39 is 12.0 Å². The SMILES string of the molecule is CCOC(=O)C1=C(C)N=c2s/c(=C/c3c(C)[nH]c4ccccc34)c(=O)n2[C@@H]1c1ccccc1OC. The molecule has 1 aliphatic heterocycles. The second-order valence-corrected chi connectivity index (χ2v) is 9.26. The Morgan fingerprint density at radius 3 is 2.69 bits per heavy atom. The van der Waals surface area contributed by atoms with E-state index in [-0.39, 0.29) is 12.2 Å². The summed E-state index contributed by atoms with van der Waals surface area (Å²) in [6.45, 7) is 5.74. The number of aromatic nitrogens is 2. The van der Waals surface area contributed by atoms with Gasteiger partial charge in [-0.25, -0.2) is 9.79 Å². The first-order valence-corrected chi connectivity index (χ1v) is 12.2. The molecule has 0 amide bonds. The molecule has 0 bridgehead atoms. The zero-order chi connectivity index (χ0) is 24.7. The van der Waals surface area contributed by atoms with Gasteiger partial charge in [0.1, 0.15) is 11.8 Å². The fraction of sp³-hybridized carbons (Fsp3) is 0.222. The maximum atomic E-state index is 13.9. The van der Waals surface area contributed by atoms with Crippen LogP contribution in [0.1, 0.15) is 36.7 Å². The topological polar surface area (TPSA) is 85.7 Å². The number of esters is 1. The number of allylic oxidation sites excluding steroid dienone is 1. The molecule has 3 heterocycles. The van der Waals surface area contributed by atoms with Crippen molar-refractivity contribution < 1.29 is 14.3 Å². The number of thiazole rings is 1. The van der Waals surface area contributed by atoms with Crippen LogP contribution in [0.25, 0.3) is 17.0 Å². The molecule has 0 spiro atoms. The molecule has 0 saturated heterocycles. The lowest BCUT2D eigenvalue weighted by Gasteiger charge is -2.25. The van der Waals surface area contributed by atoms with E-state index in [4.69, 9.17) is 9.47 Å². The number of methoxy groups -OCH3 is 1. The van der Waals surface area contributed by atoms with Gasteiger partial charge in [-0.1, -0.05) is 47.7 Å². The summed E-state index contributed by atoms with van der Waals surface area (Å²) in [4.78, 5) is 35.5. The standard InChI is InChI=1S/C27H25N3O4S/c1-5-34-26(32)23-16(3)29-27-30(24(23)18-11-7-9-13-21(18)33-4)25(31)22(35-27)14-19-15(2)28-20-12-8-6-10-17(19)20/h6-14,24,28H,5H2,1-4H3/b22-14+/t24-/m1/s1. The summed E-state index contributed by atoms with van der Waals surface area (Å²) in [5.74, 6) is 0.0856. The average Bonchev–Trinajstić information content (AvgIpc) is 3.34. The first-order chi connectivity index (χ1) is 16.9. The number of carbonyl (C=O) groups is 1. The molecule has 35 heavy (non-hydrogen) atoms. The van der Waals surface area contributed by atoms with E-state index in [0.29, 0.717) is 31.9 Å². The number of hydrogen-bond donors (Lipinski definition) is 1. The first kappa shape index (κ1) is 22.9. The quantitative estimate of drug-likeness (QED) is 0.436. The molecule has 178 valence electrons. The average molecular weight is 488 g/mol. The lowest BCUT2D eigenvalue weighted by molar-refractivity contribution is -0.139. The zero-order valence-corrected chi connectivity index (χ0v) is 20.7. The van der Waals surface area contributed by atoms with Crippen molar-refractivity contribution in [1.29, 1.82) is 0 Å². The van der Waals surface area contributed by atoms with Crippen LogP contribution >= 0.6 is 11.3 Å². The molecule has 4 aromatic rings. The van der Waals surface area contributed by atoms with E-state index in [9.17, 15) is 9.59 Å². The Balaban J connectivity index is 1.79. The third kappa shape index (κ3) is 3.80. The Kier molecular flexibility index (Phi) is 5.90. The van der Waals surface area contributed by atoms with Crippen molar-refractivity contribution in [2.75, 3.05) is 13.7 Å². The number of rotatable bonds is 5. The lowest BCUT2D eigenvalue weighted by atomic mass is 9.95. The summed E-state index contributed by atoms with van der Waals surface area (Å²) >= 11 is 1.31. The molecule has 0 radical (unpaired) electrons. The number of hydrogen-bond acceptors (Lipinski definition) is 6. The fourth-order valence-corrected chi connectivity index (χ4v) is 5.62. The van der Waals surface area contributed by atoms with Crippen molar-refractivity contribution in [2.24, 2.45) is 4.99 Å². The molecule has 0 unspecified atom stereocenters. The Morgan fingerprint density at radius 2 is 1.91 bits per heavy atom. The van der Waals surface area contributed by atoms with Gasteiger partial charge in [-0.3, -0.25) is 9.36 Å². The normalized spacial score (nSPS) is 15.8. The Bertz CT molecular complexity index is 1670. The van der Waals surface area contributed by atoms with Gasteiger partial charge in [-0.05, 0) is 39.0 Å². The van der Waals surface area contributed by atoms with Crippen molar-refractivity contribution in [2.45, 2.75) is 26.8 Å². The minimum atomic E-state index is -0.715. The molecule has 0 saturated carbocycles. The van der Waals surface area contributed by atoms with Gasteiger partial charge in [-0.2, -0.15) is 0 Å². The van der Waals surface area contributed by atoms with Crippen LogP contribution in [-0.4, -0.2) is 29.2 Å². The number of para-hydroxylation sites is 2. The highest BCUT2D eigenvalue weighted by Gasteiger charge is 2.35. The third-order valence-electron chi connectivity index (χ3n) is 6.17. The van der Waals surface area contributed by atoms with Gasteiger partial charge < -0.3 is 14.5 Å². The highest BCUT2D eigenvalue weighted by atomic mass is 32.1. The van der Waals surface area contributed by atoms with Gasteiger partial charge in [0.15, 0.2) is 4.80 Å². The summed E-state index contributed by atoms with van der Waals surface area (Å²) < 4.78 is 13.1. The van der Waals surface area contributed by atoms with Crippen LogP contribution in [0.5, 0.6) is 5.75 Å². The molecule has 1 aliphatic rings. The van der Waals surface area contributed by atoms with E-state index in [1.807, 2.05) is 61.5 Å². The van der Waals surface area contributed by atoms with Crippen LogP contribution in [0, 0.1) is 6.92 Å². The molecule has 0 fully saturated rings. The van der Waals surface area contributed by atoms with Crippen LogP contribution in [0.4, 0.5) is 0 Å². The number of H-pyrrole nitrogens is 1. The molecule has 5 rings (SSSR count). The highest BCUT2D eigenvalue weighted by molar-refractivity contribution is 7.07. The number of aromatic amines is 1. The van der Waals surface area contributed by atoms with Gasteiger partial charge in [-0.15, -0.1) is 0 Å². The predicted octanol–water partition coefficient (Wildman–Crippen LogP) is 3.60. The number of nitrogens with zero attached hydrogens (tertiary/aromatic N) is 2. The summed E-state index contributed by atoms with van der Waals surface area (Å²) in [5.41, 5.74) is 4.28. The van der Waals surface area contributed by atoms with Crippen molar-refractivity contribution >= 4 is 34.3 Å². The van der Waals surface area contributed by atoms with Crippen molar-refractivity contribution in [1.82, 2.24) is 9.55 Å². The van der Waals surface area contributed by atoms with E-state index >= 15 is 0 Å². The van der Waals surface area contributed by atoms with E-state index in [1.54, 1.807) is 25.5 Å². The van der Waals surface area contributed by atoms with Gasteiger partial charge in [0, 0.05) is 27.7 Å². The predicted molar refractivity (Wildman–Crippen MR) is 136 cm³/mol. The van der Waals surface area contributed by atoms with Gasteiger partial charge >= 0.3 is 5.97 Å². The van der Waals surface area contributed by atoms with E-state index in [0.717, 1.165) is 22.2 Å². The monoisotopic (exact) mass is 487 g/mol. The highest BCUT2D eigenvalue weighted by Crippen LogP contribution is 2.35. The van der Waals surface area contributed by atoms with Crippen molar-refractivity contribution in [3.63, 3.8) is 0 Å². The molecule has 1 N–H and O–H groups in total. The number of fused-ring (bicyclic) bond motifs is 2. The number of ether oxygens (including phenoxy) is 2. The molecule has 2 aromatic carbocycles. The number of carbonyl (C=O) groups excluding carboxylic acids is 1. The summed E-state index contributed by atoms with van der Waals surface area (Å²) in [5, 5.41) is 1.04. The van der Waals surface area contributed by atoms with Crippen LogP contribution in [0.2, 0.25) is 0 Å². The number of aryl methyl sites for hydroxylation is 1. The fourth-order valence-electron chi connectivity index (χ4n) is 4.59. The maximum Gasteiger partial charge on any atom is 0.338 e. The molecule has 1 atom stereocenters. The first-order valence-electron chi connectivity index (χ1n) is 11.3. The van der Waals surface area contributed by atoms with Crippen LogP contribution in [-0.2, 0) is 9.53 Å². The lowest BCUT2D eigenvalue weighted by Crippen LogP contribution is -2.40. The largest absolute Gasteiger partial charge is 0.496 e. The maximum absolute atomic E-state index is 13.9. The van der Waals surface area contributed by atoms with Crippen LogP contribution in [0.3, 0.4) is 0 Å². The molecular formula is C27H25N3O4S. The summed E-state index contributed by atoms with van der Waals surface area (Å²) in [6, 6.07) is 14.7. The zero-order valence-electron chi connectivity index (χ0n) is 19.9. The van der Waals surface area contributed by atoms with E-state index in [1.165, 1.54) is 11.3 Å². The Hall–Kier alpha value is -3.91. The minimum absolute atomic E-state index is 0.219. The second-order valence-electron chi connectivity index (χ2n) is 8.25. The van der Waals surface area contributed by atoms with Gasteiger partial charge in [0.25, 0.3) is 5.56 Å². The molecule has 2 aromatic heterocycles. The van der Waals surface area contributed by atoms with Crippen LogP contribution in [0.15, 0.2) is 69.6 Å². The Labute approximate surface area is 205 Å². The van der Waals surface area contributed by atoms with Crippen molar-refractivity contribution in [3.8, 4) is 5.75 Å². The molecule has 0 aliphatic carbocycles. The molecule has 7 nitrogen and oxygen atoms in total. The minimum Gasteiger partial charge on any atom is -0.496 e. The van der Waals surface area contributed by atoms with Gasteiger partial charge in [0.05, 0.1) is 29.5 Å². The summed E-state index contributed by atoms with van der Waals surface area (Å²) in [6.07, 6.45) is 1.90. The van der Waals surface area contributed by atoms with Gasteiger partial charge in [0.2, 0.25) is 0 Å². The van der Waals surface area contributed by atoms with E-state index in [2.05, 4.69) is 9.98 Å². The third-order valence-corrected chi connectivity index (χ3v) is 7.15. The second kappa shape index (κ2) is 9.03. The number of nitrogens with one attached hydrogen (secondary N) is 1. The number of benzene rings is 2. The Morgan fingerprint density at radius 1 is 1.17 bits per heavy atom. The smallest absolute Gasteiger partial charge is 0.338 e. The molecular weight excluding hydrogens is 462 g/mol. The van der Waals surface area contributed by atoms with Crippen LogP contribution < -0.4 is 19.6 Å².